The fourth-order valence-electron chi connectivity index (χ4n) is 2.52. The van der Waals surface area contributed by atoms with Gasteiger partial charge in [0.15, 0.2) is 6.54 Å². The maximum atomic E-state index is 11.6. The Hall–Kier alpha value is -0.610. The molecule has 1 fully saturated rings. The van der Waals surface area contributed by atoms with Gasteiger partial charge in [-0.25, -0.2) is 0 Å². The summed E-state index contributed by atoms with van der Waals surface area (Å²) >= 11 is 0. The molecule has 0 aromatic rings. The van der Waals surface area contributed by atoms with Gasteiger partial charge >= 0.3 is 5.97 Å². The van der Waals surface area contributed by atoms with Gasteiger partial charge in [-0.1, -0.05) is 45.4 Å². The van der Waals surface area contributed by atoms with Gasteiger partial charge in [-0.2, -0.15) is 4.90 Å². The number of carbonyl (C=O) groups excluding carboxylic acids is 1. The zero-order valence-electron chi connectivity index (χ0n) is 13.2. The summed E-state index contributed by atoms with van der Waals surface area (Å²) in [6, 6.07) is 0. The van der Waals surface area contributed by atoms with Gasteiger partial charge in [0.25, 0.3) is 0 Å². The molecule has 0 atom stereocenters. The first kappa shape index (κ1) is 17.4. The van der Waals surface area contributed by atoms with Crippen molar-refractivity contribution in [2.45, 2.75) is 58.3 Å². The monoisotopic (exact) mass is 284 g/mol. The lowest BCUT2D eigenvalue weighted by atomic mass is 10.1. The topological polar surface area (TPSA) is 44.2 Å². The van der Waals surface area contributed by atoms with E-state index in [0.29, 0.717) is 13.0 Å². The Labute approximate surface area is 124 Å². The first-order valence-electron chi connectivity index (χ1n) is 8.41. The van der Waals surface area contributed by atoms with Crippen LogP contribution in [0.25, 0.3) is 0 Å². The van der Waals surface area contributed by atoms with Crippen molar-refractivity contribution in [1.29, 1.82) is 0 Å². The summed E-state index contributed by atoms with van der Waals surface area (Å²) < 4.78 is 5.29. The first-order chi connectivity index (χ1) is 9.83. The van der Waals surface area contributed by atoms with Crippen LogP contribution >= 0.6 is 0 Å². The van der Waals surface area contributed by atoms with Crippen molar-refractivity contribution in [3.05, 3.63) is 0 Å². The summed E-state index contributed by atoms with van der Waals surface area (Å²) in [4.78, 5) is 13.9. The van der Waals surface area contributed by atoms with E-state index in [4.69, 9.17) is 4.74 Å². The second-order valence-corrected chi connectivity index (χ2v) is 5.68. The highest BCUT2D eigenvalue weighted by atomic mass is 16.5. The molecular formula is C16H32N2O2+. The lowest BCUT2D eigenvalue weighted by Crippen LogP contribution is -2.48. The number of piperazine rings is 1. The Morgan fingerprint density at radius 3 is 2.40 bits per heavy atom. The zero-order valence-corrected chi connectivity index (χ0v) is 13.2. The fraction of sp³-hybridized carbons (Fsp3) is 0.938. The van der Waals surface area contributed by atoms with E-state index in [1.807, 2.05) is 0 Å². The Morgan fingerprint density at radius 2 is 1.70 bits per heavy atom. The van der Waals surface area contributed by atoms with E-state index in [1.54, 1.807) is 0 Å². The zero-order chi connectivity index (χ0) is 14.5. The van der Waals surface area contributed by atoms with Crippen molar-refractivity contribution in [2.75, 3.05) is 39.3 Å². The van der Waals surface area contributed by atoms with Crippen molar-refractivity contribution < 1.29 is 9.53 Å². The number of nitrogens with one attached hydrogen (secondary N) is 1. The van der Waals surface area contributed by atoms with Gasteiger partial charge in [-0.15, -0.1) is 0 Å². The Balaban J connectivity index is 1.85. The molecule has 0 aromatic heterocycles. The van der Waals surface area contributed by atoms with Gasteiger partial charge in [0, 0.05) is 19.5 Å². The molecule has 0 amide bonds. The minimum atomic E-state index is -0.0197. The second-order valence-electron chi connectivity index (χ2n) is 5.68. The van der Waals surface area contributed by atoms with Gasteiger partial charge in [0.05, 0.1) is 0 Å². The van der Waals surface area contributed by atoms with Gasteiger partial charge in [-0.05, 0) is 6.42 Å². The largest absolute Gasteiger partial charge is 0.459 e. The number of carbonyl (C=O) groups is 1. The third kappa shape index (κ3) is 9.32. The molecule has 4 nitrogen and oxygen atoms in total. The fourth-order valence-corrected chi connectivity index (χ4v) is 2.52. The van der Waals surface area contributed by atoms with Crippen molar-refractivity contribution in [2.24, 2.45) is 0 Å². The molecule has 1 aliphatic heterocycles. The van der Waals surface area contributed by atoms with E-state index in [1.165, 1.54) is 32.1 Å². The molecule has 1 rings (SSSR count). The number of ether oxygens (including phenoxy) is 1. The lowest BCUT2D eigenvalue weighted by Gasteiger charge is -2.17. The molecule has 0 unspecified atom stereocenters. The molecule has 1 aliphatic rings. The Kier molecular flexibility index (Phi) is 10.6. The number of hydrogen-bond acceptors (Lipinski definition) is 4. The van der Waals surface area contributed by atoms with Gasteiger partial charge in [-0.3, -0.25) is 4.79 Å². The number of hydrogen-bond donors (Lipinski definition) is 1. The smallest absolute Gasteiger partial charge is 0.305 e. The summed E-state index contributed by atoms with van der Waals surface area (Å²) in [5.74, 6) is -0.0197. The molecule has 1 N–H and O–H groups in total. The lowest BCUT2D eigenvalue weighted by molar-refractivity contribution is -0.143. The van der Waals surface area contributed by atoms with E-state index < -0.39 is 0 Å². The summed E-state index contributed by atoms with van der Waals surface area (Å²) in [7, 11) is 0. The van der Waals surface area contributed by atoms with Crippen LogP contribution in [0, 0.1) is 0 Å². The van der Waals surface area contributed by atoms with Gasteiger partial charge in [0.2, 0.25) is 0 Å². The molecule has 0 aliphatic carbocycles. The Bertz CT molecular complexity index is 241. The van der Waals surface area contributed by atoms with Crippen LogP contribution in [0.4, 0.5) is 0 Å². The average molecular weight is 284 g/mol. The SMILES string of the molecule is CCCCCCCCCC(=O)OCC[N+]1CCNCC1. The van der Waals surface area contributed by atoms with Crippen LogP contribution in [0.2, 0.25) is 0 Å². The van der Waals surface area contributed by atoms with Crippen LogP contribution in [0.15, 0.2) is 0 Å². The minimum Gasteiger partial charge on any atom is -0.459 e. The van der Waals surface area contributed by atoms with Crippen molar-refractivity contribution in [1.82, 2.24) is 10.2 Å². The van der Waals surface area contributed by atoms with E-state index in [9.17, 15) is 4.79 Å². The van der Waals surface area contributed by atoms with Crippen LogP contribution < -0.4 is 10.2 Å². The molecule has 1 saturated heterocycles. The maximum Gasteiger partial charge on any atom is 0.305 e. The van der Waals surface area contributed by atoms with Gasteiger partial charge < -0.3 is 10.1 Å². The molecule has 1 heterocycles. The molecular weight excluding hydrogens is 252 g/mol. The van der Waals surface area contributed by atoms with Crippen molar-refractivity contribution >= 4 is 5.97 Å². The minimum absolute atomic E-state index is 0.0197. The van der Waals surface area contributed by atoms with Crippen LogP contribution in [0.3, 0.4) is 0 Å². The predicted molar refractivity (Wildman–Crippen MR) is 83.2 cm³/mol. The first-order valence-corrected chi connectivity index (χ1v) is 8.41. The maximum absolute atomic E-state index is 11.6. The van der Waals surface area contributed by atoms with E-state index >= 15 is 0 Å². The normalized spacial score (nSPS) is 16.2. The molecule has 0 aromatic carbocycles. The predicted octanol–water partition coefficient (Wildman–Crippen LogP) is 2.41. The molecule has 1 radical (unpaired) electrons. The van der Waals surface area contributed by atoms with Gasteiger partial charge in [0.1, 0.15) is 19.7 Å². The Morgan fingerprint density at radius 1 is 1.05 bits per heavy atom. The highest BCUT2D eigenvalue weighted by Gasteiger charge is 2.18. The van der Waals surface area contributed by atoms with Crippen molar-refractivity contribution in [3.8, 4) is 0 Å². The van der Waals surface area contributed by atoms with Crippen molar-refractivity contribution in [3.63, 3.8) is 0 Å². The number of nitrogens with zero attached hydrogens (tertiary/aromatic N) is 1. The van der Waals surface area contributed by atoms with E-state index in [0.717, 1.165) is 45.6 Å². The standard InChI is InChI=1S/C16H32N2O2/c1-2-3-4-5-6-7-8-9-16(19)20-15-14-18-12-10-17-11-13-18/h17H,2-15H2,1H3/q+1. The molecule has 0 saturated carbocycles. The van der Waals surface area contributed by atoms with E-state index in [-0.39, 0.29) is 5.97 Å². The summed E-state index contributed by atoms with van der Waals surface area (Å²) in [6.07, 6.45) is 9.28. The molecule has 0 bridgehead atoms. The molecule has 4 heteroatoms. The van der Waals surface area contributed by atoms with Crippen LogP contribution in [-0.2, 0) is 9.53 Å². The second kappa shape index (κ2) is 12.2. The van der Waals surface area contributed by atoms with Crippen LogP contribution in [0.1, 0.15) is 58.3 Å². The molecule has 117 valence electrons. The third-order valence-corrected chi connectivity index (χ3v) is 3.86. The van der Waals surface area contributed by atoms with E-state index in [2.05, 4.69) is 17.1 Å². The quantitative estimate of drug-likeness (QED) is 0.360. The van der Waals surface area contributed by atoms with Crippen LogP contribution in [0.5, 0.6) is 0 Å². The molecule has 20 heavy (non-hydrogen) atoms. The number of esters is 1. The molecule has 0 spiro atoms. The highest BCUT2D eigenvalue weighted by molar-refractivity contribution is 5.69. The number of unbranched alkanes of at least 4 members (excludes halogenated alkanes) is 6. The summed E-state index contributed by atoms with van der Waals surface area (Å²) in [5.41, 5.74) is 0. The highest BCUT2D eigenvalue weighted by Crippen LogP contribution is 2.08. The third-order valence-electron chi connectivity index (χ3n) is 3.86. The summed E-state index contributed by atoms with van der Waals surface area (Å²) in [5, 5.41) is 3.32. The summed E-state index contributed by atoms with van der Waals surface area (Å²) in [6.45, 7) is 7.89. The average Bonchev–Trinajstić information content (AvgIpc) is 2.47. The van der Waals surface area contributed by atoms with Crippen LogP contribution in [-0.4, -0.2) is 45.3 Å². The number of rotatable bonds is 11.